The molecule has 33 heavy (non-hydrogen) atoms. The second-order valence-electron chi connectivity index (χ2n) is 9.82. The van der Waals surface area contributed by atoms with Gasteiger partial charge in [-0.1, -0.05) is 88.6 Å². The molecular weight excluding hydrogens is 404 g/mol. The second kappa shape index (κ2) is 16.7. The highest BCUT2D eigenvalue weighted by Crippen LogP contribution is 2.23. The molecule has 0 aliphatic rings. The number of hydrogen-bond donors (Lipinski definition) is 0. The van der Waals surface area contributed by atoms with Gasteiger partial charge in [0.15, 0.2) is 0 Å². The first-order chi connectivity index (χ1) is 16.1. The van der Waals surface area contributed by atoms with Crippen LogP contribution in [-0.4, -0.2) is 36.0 Å². The summed E-state index contributed by atoms with van der Waals surface area (Å²) < 4.78 is 1.90. The molecule has 0 aliphatic carbocycles. The average molecular weight is 453 g/mol. The lowest BCUT2D eigenvalue weighted by molar-refractivity contribution is 0.0904. The van der Waals surface area contributed by atoms with Gasteiger partial charge < -0.3 is 4.90 Å². The molecule has 0 aliphatic heterocycles. The predicted octanol–water partition coefficient (Wildman–Crippen LogP) is 8.42. The average Bonchev–Trinajstić information content (AvgIpc) is 3.19. The van der Waals surface area contributed by atoms with Crippen LogP contribution in [-0.2, 0) is 6.42 Å². The van der Waals surface area contributed by atoms with Gasteiger partial charge in [-0.25, -0.2) is 0 Å². The summed E-state index contributed by atoms with van der Waals surface area (Å²) in [6, 6.07) is 8.32. The van der Waals surface area contributed by atoms with Crippen molar-refractivity contribution in [3.05, 3.63) is 48.2 Å². The van der Waals surface area contributed by atoms with E-state index >= 15 is 0 Å². The smallest absolute Gasteiger partial charge is 0.231 e. The van der Waals surface area contributed by atoms with Gasteiger partial charge in [-0.3, -0.25) is 9.36 Å². The van der Waals surface area contributed by atoms with Crippen LogP contribution in [0, 0.1) is 0 Å². The van der Waals surface area contributed by atoms with Gasteiger partial charge in [-0.15, -0.1) is 0 Å². The number of para-hydroxylation sites is 1. The summed E-state index contributed by atoms with van der Waals surface area (Å²) in [4.78, 5) is 15.1. The number of nitrogens with zero attached hydrogens (tertiary/aromatic N) is 2. The fraction of sp³-hybridized carbons (Fsp3) is 0.633. The Morgan fingerprint density at radius 1 is 0.848 bits per heavy atom. The number of hydrogen-bond acceptors (Lipinski definition) is 2. The lowest BCUT2D eigenvalue weighted by atomic mass is 10.1. The number of benzene rings is 1. The van der Waals surface area contributed by atoms with Crippen molar-refractivity contribution >= 4 is 16.8 Å². The van der Waals surface area contributed by atoms with E-state index in [0.29, 0.717) is 6.42 Å². The number of unbranched alkanes of at least 4 members (excludes halogenated alkanes) is 11. The molecule has 0 amide bonds. The standard InChI is InChI=1S/C30H48N2O/c1-4-5-6-7-8-9-10-11-12-13-14-15-16-17-18-23-30(33)32-26-27(24-25-31(2)3)28-21-19-20-22-29(28)32/h11-12,19-22,26H,4-10,13-18,23-25H2,1-3H3/b12-11-. The van der Waals surface area contributed by atoms with Crippen LogP contribution in [0.25, 0.3) is 10.9 Å². The van der Waals surface area contributed by atoms with E-state index in [0.717, 1.165) is 31.3 Å². The van der Waals surface area contributed by atoms with Crippen molar-refractivity contribution in [1.82, 2.24) is 9.47 Å². The lowest BCUT2D eigenvalue weighted by Gasteiger charge is -2.07. The van der Waals surface area contributed by atoms with Gasteiger partial charge in [0.2, 0.25) is 5.91 Å². The number of rotatable bonds is 18. The first kappa shape index (κ1) is 27.4. The summed E-state index contributed by atoms with van der Waals surface area (Å²) >= 11 is 0. The van der Waals surface area contributed by atoms with E-state index < -0.39 is 0 Å². The molecule has 0 unspecified atom stereocenters. The second-order valence-corrected chi connectivity index (χ2v) is 9.82. The number of allylic oxidation sites excluding steroid dienone is 2. The highest BCUT2D eigenvalue weighted by molar-refractivity contribution is 5.94. The van der Waals surface area contributed by atoms with Crippen molar-refractivity contribution in [1.29, 1.82) is 0 Å². The normalized spacial score (nSPS) is 11.9. The number of carbonyl (C=O) groups excluding carboxylic acids is 1. The van der Waals surface area contributed by atoms with Crippen LogP contribution in [0.5, 0.6) is 0 Å². The molecule has 1 aromatic heterocycles. The molecule has 3 heteroatoms. The maximum absolute atomic E-state index is 12.9. The third-order valence-corrected chi connectivity index (χ3v) is 6.54. The van der Waals surface area contributed by atoms with E-state index in [9.17, 15) is 4.79 Å². The molecule has 3 nitrogen and oxygen atoms in total. The Morgan fingerprint density at radius 2 is 1.45 bits per heavy atom. The third kappa shape index (κ3) is 10.7. The van der Waals surface area contributed by atoms with Crippen molar-refractivity contribution in [2.24, 2.45) is 0 Å². The molecule has 2 aromatic rings. The van der Waals surface area contributed by atoms with Gasteiger partial charge in [0.25, 0.3) is 0 Å². The predicted molar refractivity (Wildman–Crippen MR) is 144 cm³/mol. The fourth-order valence-corrected chi connectivity index (χ4v) is 4.47. The van der Waals surface area contributed by atoms with Gasteiger partial charge in [-0.05, 0) is 64.3 Å². The van der Waals surface area contributed by atoms with Gasteiger partial charge in [0.1, 0.15) is 0 Å². The number of aromatic nitrogens is 1. The summed E-state index contributed by atoms with van der Waals surface area (Å²) in [5, 5.41) is 1.22. The summed E-state index contributed by atoms with van der Waals surface area (Å²) in [6.45, 7) is 3.27. The SMILES string of the molecule is CCCCCCCC/C=C\CCCCCCCC(=O)n1cc(CCN(C)C)c2ccccc21. The van der Waals surface area contributed by atoms with Crippen LogP contribution in [0.3, 0.4) is 0 Å². The van der Waals surface area contributed by atoms with E-state index in [4.69, 9.17) is 0 Å². The molecule has 0 fully saturated rings. The van der Waals surface area contributed by atoms with Crippen LogP contribution >= 0.6 is 0 Å². The highest BCUT2D eigenvalue weighted by Gasteiger charge is 2.13. The Balaban J connectivity index is 1.59. The molecule has 0 N–H and O–H groups in total. The molecule has 1 aromatic carbocycles. The molecule has 0 spiro atoms. The Labute approximate surface area is 203 Å². The van der Waals surface area contributed by atoms with Gasteiger partial charge in [0.05, 0.1) is 5.52 Å². The Kier molecular flexibility index (Phi) is 13.9. The zero-order chi connectivity index (χ0) is 23.7. The van der Waals surface area contributed by atoms with Crippen LogP contribution in [0.2, 0.25) is 0 Å². The first-order valence-electron chi connectivity index (χ1n) is 13.6. The molecule has 0 atom stereocenters. The van der Waals surface area contributed by atoms with Gasteiger partial charge in [0, 0.05) is 24.5 Å². The maximum atomic E-state index is 12.9. The molecule has 0 bridgehead atoms. The largest absolute Gasteiger partial charge is 0.309 e. The number of likely N-dealkylation sites (N-methyl/N-ethyl adjacent to an activating group) is 1. The summed E-state index contributed by atoms with van der Waals surface area (Å²) in [5.74, 6) is 0.236. The summed E-state index contributed by atoms with van der Waals surface area (Å²) in [5.41, 5.74) is 2.33. The van der Waals surface area contributed by atoms with Crippen molar-refractivity contribution in [3.63, 3.8) is 0 Å². The molecular formula is C30H48N2O. The molecule has 1 heterocycles. The van der Waals surface area contributed by atoms with Crippen molar-refractivity contribution in [2.45, 2.75) is 103 Å². The quantitative estimate of drug-likeness (QED) is 0.167. The molecule has 184 valence electrons. The Hall–Kier alpha value is -1.87. The zero-order valence-corrected chi connectivity index (χ0v) is 21.7. The van der Waals surface area contributed by atoms with Crippen LogP contribution in [0.15, 0.2) is 42.6 Å². The number of carbonyl (C=O) groups is 1. The topological polar surface area (TPSA) is 25.2 Å². The van der Waals surface area contributed by atoms with Crippen molar-refractivity contribution in [3.8, 4) is 0 Å². The molecule has 0 saturated carbocycles. The summed E-state index contributed by atoms with van der Waals surface area (Å²) in [6.07, 6.45) is 25.1. The van der Waals surface area contributed by atoms with E-state index in [1.54, 1.807) is 0 Å². The van der Waals surface area contributed by atoms with Gasteiger partial charge >= 0.3 is 0 Å². The van der Waals surface area contributed by atoms with E-state index in [1.165, 1.54) is 81.6 Å². The van der Waals surface area contributed by atoms with Crippen LogP contribution in [0.1, 0.15) is 107 Å². The minimum atomic E-state index is 0.236. The third-order valence-electron chi connectivity index (χ3n) is 6.54. The van der Waals surface area contributed by atoms with Crippen molar-refractivity contribution in [2.75, 3.05) is 20.6 Å². The van der Waals surface area contributed by atoms with Crippen LogP contribution < -0.4 is 0 Å². The molecule has 0 saturated heterocycles. The Bertz CT molecular complexity index is 818. The van der Waals surface area contributed by atoms with Crippen LogP contribution in [0.4, 0.5) is 0 Å². The highest BCUT2D eigenvalue weighted by atomic mass is 16.2. The Morgan fingerprint density at radius 3 is 2.12 bits per heavy atom. The van der Waals surface area contributed by atoms with E-state index in [2.05, 4.69) is 62.5 Å². The minimum Gasteiger partial charge on any atom is -0.309 e. The molecule has 2 rings (SSSR count). The van der Waals surface area contributed by atoms with E-state index in [-0.39, 0.29) is 5.91 Å². The minimum absolute atomic E-state index is 0.236. The first-order valence-corrected chi connectivity index (χ1v) is 13.6. The zero-order valence-electron chi connectivity index (χ0n) is 21.7. The fourth-order valence-electron chi connectivity index (χ4n) is 4.47. The lowest BCUT2D eigenvalue weighted by Crippen LogP contribution is -2.15. The van der Waals surface area contributed by atoms with Crippen molar-refractivity contribution < 1.29 is 4.79 Å². The monoisotopic (exact) mass is 452 g/mol. The van der Waals surface area contributed by atoms with Gasteiger partial charge in [-0.2, -0.15) is 0 Å². The molecule has 0 radical (unpaired) electrons. The summed E-state index contributed by atoms with van der Waals surface area (Å²) in [7, 11) is 4.19. The number of fused-ring (bicyclic) bond motifs is 1. The van der Waals surface area contributed by atoms with E-state index in [1.807, 2.05) is 10.6 Å². The maximum Gasteiger partial charge on any atom is 0.231 e.